The Morgan fingerprint density at radius 2 is 2.33 bits per heavy atom. The lowest BCUT2D eigenvalue weighted by atomic mass is 10.0. The molecule has 1 fully saturated rings. The van der Waals surface area contributed by atoms with Gasteiger partial charge in [0.1, 0.15) is 5.82 Å². The van der Waals surface area contributed by atoms with Crippen molar-refractivity contribution < 1.29 is 9.18 Å². The van der Waals surface area contributed by atoms with E-state index in [9.17, 15) is 9.18 Å². The summed E-state index contributed by atoms with van der Waals surface area (Å²) in [5.41, 5.74) is 1.42. The van der Waals surface area contributed by atoms with E-state index >= 15 is 0 Å². The van der Waals surface area contributed by atoms with E-state index in [1.165, 1.54) is 6.07 Å². The molecule has 0 aliphatic carbocycles. The van der Waals surface area contributed by atoms with Crippen LogP contribution in [0.15, 0.2) is 18.2 Å². The van der Waals surface area contributed by atoms with Gasteiger partial charge in [-0.2, -0.15) is 0 Å². The third-order valence-corrected chi connectivity index (χ3v) is 3.36. The van der Waals surface area contributed by atoms with Gasteiger partial charge in [0.05, 0.1) is 12.1 Å². The molecule has 0 radical (unpaired) electrons. The first kappa shape index (κ1) is 13.0. The molecule has 98 valence electrons. The first-order valence-electron chi connectivity index (χ1n) is 6.37. The summed E-state index contributed by atoms with van der Waals surface area (Å²) in [4.78, 5) is 11.9. The van der Waals surface area contributed by atoms with Crippen LogP contribution in [-0.2, 0) is 4.79 Å². The highest BCUT2D eigenvalue weighted by Gasteiger charge is 2.24. The molecule has 1 heterocycles. The van der Waals surface area contributed by atoms with E-state index in [2.05, 4.69) is 10.6 Å². The number of halogens is 1. The third kappa shape index (κ3) is 2.88. The molecule has 2 rings (SSSR count). The van der Waals surface area contributed by atoms with E-state index in [1.807, 2.05) is 13.0 Å². The van der Waals surface area contributed by atoms with Gasteiger partial charge in [-0.1, -0.05) is 12.1 Å². The highest BCUT2D eigenvalue weighted by Crippen LogP contribution is 2.18. The minimum absolute atomic E-state index is 0.0417. The van der Waals surface area contributed by atoms with Crippen LogP contribution >= 0.6 is 0 Å². The molecule has 0 bridgehead atoms. The average molecular weight is 250 g/mol. The molecule has 1 aromatic carbocycles. The Bertz CT molecular complexity index is 441. The van der Waals surface area contributed by atoms with Crippen molar-refractivity contribution in [1.29, 1.82) is 0 Å². The molecular weight excluding hydrogens is 231 g/mol. The molecule has 0 spiro atoms. The molecule has 0 unspecified atom stereocenters. The molecule has 4 heteroatoms. The fourth-order valence-corrected chi connectivity index (χ4v) is 2.28. The zero-order chi connectivity index (χ0) is 13.1. The summed E-state index contributed by atoms with van der Waals surface area (Å²) >= 11 is 0. The fraction of sp³-hybridized carbons (Fsp3) is 0.500. The second kappa shape index (κ2) is 5.48. The molecule has 1 aliphatic heterocycles. The number of rotatable bonds is 3. The Kier molecular flexibility index (Phi) is 3.97. The Hall–Kier alpha value is -1.42. The Morgan fingerprint density at radius 1 is 1.56 bits per heavy atom. The lowest BCUT2D eigenvalue weighted by molar-refractivity contribution is -0.123. The molecule has 2 N–H and O–H groups in total. The summed E-state index contributed by atoms with van der Waals surface area (Å²) in [5, 5.41) is 5.99. The van der Waals surface area contributed by atoms with Gasteiger partial charge >= 0.3 is 0 Å². The number of nitrogens with one attached hydrogen (secondary N) is 2. The predicted octanol–water partition coefficient (Wildman–Crippen LogP) is 2.06. The topological polar surface area (TPSA) is 41.1 Å². The number of hydrogen-bond acceptors (Lipinski definition) is 2. The van der Waals surface area contributed by atoms with Gasteiger partial charge in [-0.25, -0.2) is 4.39 Å². The highest BCUT2D eigenvalue weighted by molar-refractivity contribution is 5.82. The number of hydrogen-bond donors (Lipinski definition) is 2. The van der Waals surface area contributed by atoms with E-state index in [0.717, 1.165) is 24.9 Å². The third-order valence-electron chi connectivity index (χ3n) is 3.36. The normalized spacial score (nSPS) is 20.7. The van der Waals surface area contributed by atoms with Crippen molar-refractivity contribution in [2.75, 3.05) is 6.54 Å². The summed E-state index contributed by atoms with van der Waals surface area (Å²) in [5.74, 6) is -0.304. The summed E-state index contributed by atoms with van der Waals surface area (Å²) in [6, 6.07) is 4.65. The SMILES string of the molecule is Cc1ccc([C@@H](C)NC(=O)[C@H]2CCCN2)c(F)c1. The lowest BCUT2D eigenvalue weighted by Gasteiger charge is -2.18. The van der Waals surface area contributed by atoms with Gasteiger partial charge in [-0.05, 0) is 44.9 Å². The van der Waals surface area contributed by atoms with Crippen LogP contribution in [-0.4, -0.2) is 18.5 Å². The van der Waals surface area contributed by atoms with Gasteiger partial charge in [0, 0.05) is 5.56 Å². The first-order valence-corrected chi connectivity index (χ1v) is 6.37. The Balaban J connectivity index is 2.02. The van der Waals surface area contributed by atoms with Crippen LogP contribution in [0.4, 0.5) is 4.39 Å². The summed E-state index contributed by atoms with van der Waals surface area (Å²) in [6.45, 7) is 4.53. The highest BCUT2D eigenvalue weighted by atomic mass is 19.1. The molecular formula is C14H19FN2O. The summed E-state index contributed by atoms with van der Waals surface area (Å²) < 4.78 is 13.8. The standard InChI is InChI=1S/C14H19FN2O/c1-9-5-6-11(12(15)8-9)10(2)17-14(18)13-4-3-7-16-13/h5-6,8,10,13,16H,3-4,7H2,1-2H3,(H,17,18)/t10-,13-/m1/s1. The van der Waals surface area contributed by atoms with Crippen LogP contribution in [0.1, 0.15) is 36.9 Å². The largest absolute Gasteiger partial charge is 0.348 e. The zero-order valence-corrected chi connectivity index (χ0v) is 10.8. The molecule has 1 aliphatic rings. The van der Waals surface area contributed by atoms with Crippen molar-refractivity contribution in [3.05, 3.63) is 35.1 Å². The number of aryl methyl sites for hydroxylation is 1. The molecule has 1 aromatic rings. The van der Waals surface area contributed by atoms with Gasteiger partial charge < -0.3 is 10.6 Å². The second-order valence-corrected chi connectivity index (χ2v) is 4.90. The minimum Gasteiger partial charge on any atom is -0.348 e. The number of carbonyl (C=O) groups excluding carboxylic acids is 1. The van der Waals surface area contributed by atoms with E-state index in [1.54, 1.807) is 13.0 Å². The van der Waals surface area contributed by atoms with E-state index in [4.69, 9.17) is 0 Å². The predicted molar refractivity (Wildman–Crippen MR) is 68.7 cm³/mol. The molecule has 1 amide bonds. The monoisotopic (exact) mass is 250 g/mol. The number of amides is 1. The molecule has 18 heavy (non-hydrogen) atoms. The maximum atomic E-state index is 13.8. The maximum absolute atomic E-state index is 13.8. The fourth-order valence-electron chi connectivity index (χ4n) is 2.28. The maximum Gasteiger partial charge on any atom is 0.237 e. The molecule has 0 saturated carbocycles. The van der Waals surface area contributed by atoms with Crippen LogP contribution in [0.25, 0.3) is 0 Å². The van der Waals surface area contributed by atoms with Gasteiger partial charge in [-0.3, -0.25) is 4.79 Å². The van der Waals surface area contributed by atoms with Crippen LogP contribution in [0.3, 0.4) is 0 Å². The van der Waals surface area contributed by atoms with Crippen LogP contribution in [0.2, 0.25) is 0 Å². The zero-order valence-electron chi connectivity index (χ0n) is 10.8. The average Bonchev–Trinajstić information content (AvgIpc) is 2.81. The van der Waals surface area contributed by atoms with Crippen molar-refractivity contribution >= 4 is 5.91 Å². The van der Waals surface area contributed by atoms with Crippen LogP contribution in [0, 0.1) is 12.7 Å². The van der Waals surface area contributed by atoms with Gasteiger partial charge in [-0.15, -0.1) is 0 Å². The quantitative estimate of drug-likeness (QED) is 0.862. The van der Waals surface area contributed by atoms with Gasteiger partial charge in [0.2, 0.25) is 5.91 Å². The lowest BCUT2D eigenvalue weighted by Crippen LogP contribution is -2.41. The molecule has 3 nitrogen and oxygen atoms in total. The summed E-state index contributed by atoms with van der Waals surface area (Å²) in [7, 11) is 0. The smallest absolute Gasteiger partial charge is 0.237 e. The Labute approximate surface area is 107 Å². The van der Waals surface area contributed by atoms with Gasteiger partial charge in [0.15, 0.2) is 0 Å². The Morgan fingerprint density at radius 3 is 2.94 bits per heavy atom. The van der Waals surface area contributed by atoms with E-state index in [-0.39, 0.29) is 23.8 Å². The second-order valence-electron chi connectivity index (χ2n) is 4.90. The van der Waals surface area contributed by atoms with Gasteiger partial charge in [0.25, 0.3) is 0 Å². The van der Waals surface area contributed by atoms with E-state index in [0.29, 0.717) is 5.56 Å². The number of carbonyl (C=O) groups is 1. The molecule has 2 atom stereocenters. The first-order chi connectivity index (χ1) is 8.58. The van der Waals surface area contributed by atoms with Crippen LogP contribution in [0.5, 0.6) is 0 Å². The van der Waals surface area contributed by atoms with Crippen molar-refractivity contribution in [1.82, 2.24) is 10.6 Å². The number of benzene rings is 1. The van der Waals surface area contributed by atoms with E-state index < -0.39 is 0 Å². The molecule has 1 saturated heterocycles. The molecule has 0 aromatic heterocycles. The van der Waals surface area contributed by atoms with Crippen molar-refractivity contribution in [3.8, 4) is 0 Å². The van der Waals surface area contributed by atoms with Crippen LogP contribution < -0.4 is 10.6 Å². The van der Waals surface area contributed by atoms with Crippen molar-refractivity contribution in [2.24, 2.45) is 0 Å². The summed E-state index contributed by atoms with van der Waals surface area (Å²) in [6.07, 6.45) is 1.88. The minimum atomic E-state index is -0.305. The van der Waals surface area contributed by atoms with Crippen molar-refractivity contribution in [2.45, 2.75) is 38.8 Å². The van der Waals surface area contributed by atoms with Crippen molar-refractivity contribution in [3.63, 3.8) is 0 Å².